The summed E-state index contributed by atoms with van der Waals surface area (Å²) < 4.78 is 5.11. The largest absolute Gasteiger partial charge is 0.481 e. The summed E-state index contributed by atoms with van der Waals surface area (Å²) in [6, 6.07) is 3.76. The van der Waals surface area contributed by atoms with Crippen molar-refractivity contribution >= 4 is 11.6 Å². The fourth-order valence-corrected chi connectivity index (χ4v) is 2.00. The van der Waals surface area contributed by atoms with Crippen LogP contribution in [-0.4, -0.2) is 29.1 Å². The minimum Gasteiger partial charge on any atom is -0.481 e. The van der Waals surface area contributed by atoms with E-state index in [1.807, 2.05) is 19.2 Å². The molecule has 0 aromatic carbocycles. The Morgan fingerprint density at radius 3 is 2.95 bits per heavy atom. The second-order valence-electron chi connectivity index (χ2n) is 4.00. The highest BCUT2D eigenvalue weighted by Gasteiger charge is 2.14. The minimum atomic E-state index is 0.0387. The monoisotopic (exact) mass is 278 g/mol. The van der Waals surface area contributed by atoms with E-state index in [1.54, 1.807) is 19.5 Å². The molecule has 19 heavy (non-hydrogen) atoms. The first kappa shape index (κ1) is 13.7. The van der Waals surface area contributed by atoms with Crippen LogP contribution in [0.4, 0.5) is 0 Å². The molecule has 2 aromatic heterocycles. The number of nitrogens with one attached hydrogen (secondary N) is 1. The van der Waals surface area contributed by atoms with Crippen LogP contribution in [0.1, 0.15) is 17.3 Å². The molecule has 0 aliphatic rings. The second-order valence-corrected chi connectivity index (χ2v) is 4.40. The van der Waals surface area contributed by atoms with Crippen molar-refractivity contribution < 1.29 is 4.74 Å². The highest BCUT2D eigenvalue weighted by Crippen LogP contribution is 2.22. The molecular formula is C13H15ClN4O. The van der Waals surface area contributed by atoms with Crippen molar-refractivity contribution in [3.8, 4) is 5.88 Å². The molecule has 0 radical (unpaired) electrons. The van der Waals surface area contributed by atoms with Gasteiger partial charge in [-0.05, 0) is 25.1 Å². The molecule has 2 rings (SSSR count). The summed E-state index contributed by atoms with van der Waals surface area (Å²) in [7, 11) is 3.47. The number of nitrogens with zero attached hydrogens (tertiary/aromatic N) is 3. The predicted octanol–water partition coefficient (Wildman–Crippen LogP) is 2.04. The van der Waals surface area contributed by atoms with Gasteiger partial charge in [-0.25, -0.2) is 9.97 Å². The molecule has 0 aliphatic carbocycles. The molecule has 0 amide bonds. The fourth-order valence-electron chi connectivity index (χ4n) is 1.80. The van der Waals surface area contributed by atoms with Gasteiger partial charge >= 0.3 is 0 Å². The summed E-state index contributed by atoms with van der Waals surface area (Å²) >= 11 is 6.12. The first-order valence-electron chi connectivity index (χ1n) is 5.86. The number of hydrogen-bond donors (Lipinski definition) is 1. The Labute approximate surface area is 117 Å². The van der Waals surface area contributed by atoms with E-state index in [0.29, 0.717) is 10.9 Å². The molecule has 6 heteroatoms. The van der Waals surface area contributed by atoms with Crippen molar-refractivity contribution in [3.05, 3.63) is 47.1 Å². The van der Waals surface area contributed by atoms with Gasteiger partial charge in [-0.3, -0.25) is 4.98 Å². The van der Waals surface area contributed by atoms with E-state index < -0.39 is 0 Å². The van der Waals surface area contributed by atoms with Crippen molar-refractivity contribution in [2.75, 3.05) is 14.2 Å². The summed E-state index contributed by atoms with van der Waals surface area (Å²) in [6.45, 7) is 0. The lowest BCUT2D eigenvalue weighted by Gasteiger charge is -2.16. The molecule has 5 nitrogen and oxygen atoms in total. The number of hydrogen-bond acceptors (Lipinski definition) is 5. The summed E-state index contributed by atoms with van der Waals surface area (Å²) in [5.41, 5.74) is 1.89. The molecule has 0 bridgehead atoms. The number of likely N-dealkylation sites (N-methyl/N-ethyl adjacent to an activating group) is 1. The molecular weight excluding hydrogens is 264 g/mol. The fraction of sp³-hybridized carbons (Fsp3) is 0.308. The average molecular weight is 279 g/mol. The topological polar surface area (TPSA) is 59.9 Å². The number of methoxy groups -OCH3 is 1. The second kappa shape index (κ2) is 6.45. The number of ether oxygens (including phenoxy) is 1. The van der Waals surface area contributed by atoms with Crippen LogP contribution >= 0.6 is 11.6 Å². The Hall–Kier alpha value is -1.72. The van der Waals surface area contributed by atoms with E-state index >= 15 is 0 Å². The highest BCUT2D eigenvalue weighted by molar-refractivity contribution is 6.31. The first-order valence-corrected chi connectivity index (χ1v) is 6.24. The first-order chi connectivity index (χ1) is 9.24. The molecule has 0 spiro atoms. The van der Waals surface area contributed by atoms with Crippen molar-refractivity contribution in [2.24, 2.45) is 0 Å². The SMILES string of the molecule is CNC(Cc1ccncc1Cl)c1cc(OC)ncn1. The lowest BCUT2D eigenvalue weighted by atomic mass is 10.0. The van der Waals surface area contributed by atoms with Gasteiger partial charge in [0.1, 0.15) is 6.33 Å². The van der Waals surface area contributed by atoms with Gasteiger partial charge in [0, 0.05) is 18.5 Å². The quantitative estimate of drug-likeness (QED) is 0.907. The lowest BCUT2D eigenvalue weighted by Crippen LogP contribution is -2.20. The molecule has 2 heterocycles. The number of aromatic nitrogens is 3. The zero-order valence-corrected chi connectivity index (χ0v) is 11.6. The summed E-state index contributed by atoms with van der Waals surface area (Å²) in [5, 5.41) is 3.88. The predicted molar refractivity (Wildman–Crippen MR) is 73.3 cm³/mol. The van der Waals surface area contributed by atoms with Gasteiger partial charge in [0.2, 0.25) is 5.88 Å². The number of halogens is 1. The Kier molecular flexibility index (Phi) is 4.65. The smallest absolute Gasteiger partial charge is 0.216 e. The third-order valence-electron chi connectivity index (χ3n) is 2.86. The van der Waals surface area contributed by atoms with Crippen LogP contribution in [0.5, 0.6) is 5.88 Å². The van der Waals surface area contributed by atoms with Crippen LogP contribution < -0.4 is 10.1 Å². The van der Waals surface area contributed by atoms with Crippen LogP contribution in [0, 0.1) is 0 Å². The van der Waals surface area contributed by atoms with E-state index in [4.69, 9.17) is 16.3 Å². The summed E-state index contributed by atoms with van der Waals surface area (Å²) in [4.78, 5) is 12.3. The van der Waals surface area contributed by atoms with Gasteiger partial charge in [0.05, 0.1) is 23.9 Å². The Morgan fingerprint density at radius 1 is 1.42 bits per heavy atom. The maximum atomic E-state index is 6.12. The van der Waals surface area contributed by atoms with Gasteiger partial charge in [0.15, 0.2) is 0 Å². The normalized spacial score (nSPS) is 12.2. The van der Waals surface area contributed by atoms with Gasteiger partial charge in [-0.2, -0.15) is 0 Å². The highest BCUT2D eigenvalue weighted by atomic mass is 35.5. The molecule has 1 unspecified atom stereocenters. The van der Waals surface area contributed by atoms with Crippen LogP contribution in [0.3, 0.4) is 0 Å². The van der Waals surface area contributed by atoms with Gasteiger partial charge in [-0.1, -0.05) is 11.6 Å². The Morgan fingerprint density at radius 2 is 2.26 bits per heavy atom. The third-order valence-corrected chi connectivity index (χ3v) is 3.20. The van der Waals surface area contributed by atoms with E-state index in [1.165, 1.54) is 6.33 Å². The van der Waals surface area contributed by atoms with Crippen LogP contribution in [0.15, 0.2) is 30.9 Å². The molecule has 1 atom stereocenters. The molecule has 0 saturated carbocycles. The van der Waals surface area contributed by atoms with E-state index in [-0.39, 0.29) is 6.04 Å². The number of rotatable bonds is 5. The van der Waals surface area contributed by atoms with Crippen LogP contribution in [0.2, 0.25) is 5.02 Å². The molecule has 2 aromatic rings. The van der Waals surface area contributed by atoms with E-state index in [9.17, 15) is 0 Å². The van der Waals surface area contributed by atoms with Crippen molar-refractivity contribution in [1.29, 1.82) is 0 Å². The van der Waals surface area contributed by atoms with E-state index in [0.717, 1.165) is 17.7 Å². The summed E-state index contributed by atoms with van der Waals surface area (Å²) in [5.74, 6) is 0.547. The third kappa shape index (κ3) is 3.39. The maximum Gasteiger partial charge on any atom is 0.216 e. The van der Waals surface area contributed by atoms with Gasteiger partial charge in [0.25, 0.3) is 0 Å². The number of pyridine rings is 1. The zero-order chi connectivity index (χ0) is 13.7. The van der Waals surface area contributed by atoms with Crippen molar-refractivity contribution in [2.45, 2.75) is 12.5 Å². The van der Waals surface area contributed by atoms with E-state index in [2.05, 4.69) is 20.3 Å². The average Bonchev–Trinajstić information content (AvgIpc) is 2.46. The molecule has 100 valence electrons. The maximum absolute atomic E-state index is 6.12. The summed E-state index contributed by atoms with van der Waals surface area (Å²) in [6.07, 6.45) is 5.59. The zero-order valence-electron chi connectivity index (χ0n) is 10.8. The standard InChI is InChI=1S/C13H15ClN4O/c1-15-11(5-9-3-4-16-7-10(9)14)12-6-13(19-2)18-8-17-12/h3-4,6-8,11,15H,5H2,1-2H3. The van der Waals surface area contributed by atoms with Crippen molar-refractivity contribution in [3.63, 3.8) is 0 Å². The Bertz CT molecular complexity index is 550. The van der Waals surface area contributed by atoms with Crippen LogP contribution in [0.25, 0.3) is 0 Å². The Balaban J connectivity index is 2.22. The molecule has 0 fully saturated rings. The molecule has 1 N–H and O–H groups in total. The molecule has 0 aliphatic heterocycles. The van der Waals surface area contributed by atoms with Gasteiger partial charge in [-0.15, -0.1) is 0 Å². The lowest BCUT2D eigenvalue weighted by molar-refractivity contribution is 0.394. The van der Waals surface area contributed by atoms with Gasteiger partial charge < -0.3 is 10.1 Å². The van der Waals surface area contributed by atoms with Crippen molar-refractivity contribution in [1.82, 2.24) is 20.3 Å². The minimum absolute atomic E-state index is 0.0387. The van der Waals surface area contributed by atoms with Crippen LogP contribution in [-0.2, 0) is 6.42 Å². The molecule has 0 saturated heterocycles.